The number of hydrogen-bond donors (Lipinski definition) is 1. The minimum absolute atomic E-state index is 0.273. The van der Waals surface area contributed by atoms with Crippen LogP contribution in [0, 0.1) is 5.92 Å². The summed E-state index contributed by atoms with van der Waals surface area (Å²) in [5, 5.41) is 2.96. The molecule has 1 heterocycles. The normalized spacial score (nSPS) is 16.5. The van der Waals surface area contributed by atoms with Gasteiger partial charge in [-0.25, -0.2) is 4.79 Å². The quantitative estimate of drug-likeness (QED) is 0.409. The molecular formula is C20H29IN2O5. The lowest BCUT2D eigenvalue weighted by Gasteiger charge is -2.29. The minimum Gasteiger partial charge on any atom is -0.449 e. The zero-order valence-corrected chi connectivity index (χ0v) is 18.8. The van der Waals surface area contributed by atoms with E-state index in [-0.39, 0.29) is 6.42 Å². The highest BCUT2D eigenvalue weighted by Gasteiger charge is 2.29. The first-order chi connectivity index (χ1) is 13.4. The summed E-state index contributed by atoms with van der Waals surface area (Å²) in [6, 6.07) is 7.49. The molecule has 2 rings (SSSR count). The van der Waals surface area contributed by atoms with Crippen LogP contribution in [0.5, 0.6) is 0 Å². The Morgan fingerprint density at radius 1 is 1.18 bits per heavy atom. The van der Waals surface area contributed by atoms with Crippen LogP contribution in [0.15, 0.2) is 24.3 Å². The Morgan fingerprint density at radius 3 is 2.36 bits per heavy atom. The van der Waals surface area contributed by atoms with Crippen LogP contribution in [0.1, 0.15) is 25.8 Å². The van der Waals surface area contributed by atoms with Crippen LogP contribution in [0.2, 0.25) is 0 Å². The molecule has 1 aromatic rings. The van der Waals surface area contributed by atoms with Crippen molar-refractivity contribution in [3.8, 4) is 0 Å². The van der Waals surface area contributed by atoms with Gasteiger partial charge in [0.1, 0.15) is 6.04 Å². The molecular weight excluding hydrogens is 475 g/mol. The first-order valence-corrected chi connectivity index (χ1v) is 10.4. The molecule has 0 saturated carbocycles. The third-order valence-corrected chi connectivity index (χ3v) is 5.11. The molecule has 28 heavy (non-hydrogen) atoms. The Morgan fingerprint density at radius 2 is 1.82 bits per heavy atom. The van der Waals surface area contributed by atoms with Gasteiger partial charge in [-0.2, -0.15) is 0 Å². The zero-order chi connectivity index (χ0) is 20.5. The molecule has 0 aliphatic carbocycles. The van der Waals surface area contributed by atoms with E-state index in [0.29, 0.717) is 12.3 Å². The molecule has 8 heteroatoms. The second-order valence-corrected chi connectivity index (χ2v) is 7.70. The highest BCUT2D eigenvalue weighted by molar-refractivity contribution is 14.1. The highest BCUT2D eigenvalue weighted by atomic mass is 127. The standard InChI is InChI=1S/C20H29IN2O5/c1-14(2)12-17(22-3)19(24)27-18(20(25)28-21)13-15-4-6-16(7-5-15)23-8-10-26-11-9-23/h4-7,14,17-18,22H,8-13H2,1-3H3/t17-,18+/m0/s1. The van der Waals surface area contributed by atoms with Crippen molar-refractivity contribution in [1.82, 2.24) is 5.32 Å². The van der Waals surface area contributed by atoms with Gasteiger partial charge in [0.15, 0.2) is 23.0 Å². The van der Waals surface area contributed by atoms with Crippen molar-refractivity contribution < 1.29 is 22.1 Å². The molecule has 1 N–H and O–H groups in total. The number of carbonyl (C=O) groups excluding carboxylic acids is 2. The second kappa shape index (κ2) is 11.6. The van der Waals surface area contributed by atoms with E-state index in [0.717, 1.165) is 37.6 Å². The number of nitrogens with zero attached hydrogens (tertiary/aromatic N) is 1. The topological polar surface area (TPSA) is 77.1 Å². The summed E-state index contributed by atoms with van der Waals surface area (Å²) >= 11 is 1.52. The third kappa shape index (κ3) is 6.89. The number of hydrogen-bond acceptors (Lipinski definition) is 7. The van der Waals surface area contributed by atoms with E-state index in [1.165, 1.54) is 23.0 Å². The Hall–Kier alpha value is -1.39. The molecule has 156 valence electrons. The number of benzene rings is 1. The van der Waals surface area contributed by atoms with E-state index in [1.54, 1.807) is 7.05 Å². The molecule has 0 spiro atoms. The van der Waals surface area contributed by atoms with Gasteiger partial charge >= 0.3 is 11.9 Å². The van der Waals surface area contributed by atoms with Gasteiger partial charge in [0.05, 0.1) is 13.2 Å². The van der Waals surface area contributed by atoms with Gasteiger partial charge in [-0.05, 0) is 37.1 Å². The van der Waals surface area contributed by atoms with E-state index in [4.69, 9.17) is 12.5 Å². The van der Waals surface area contributed by atoms with E-state index < -0.39 is 24.1 Å². The second-order valence-electron chi connectivity index (χ2n) is 7.26. The lowest BCUT2D eigenvalue weighted by Crippen LogP contribution is -2.41. The fourth-order valence-electron chi connectivity index (χ4n) is 3.13. The fourth-order valence-corrected chi connectivity index (χ4v) is 3.41. The van der Waals surface area contributed by atoms with Gasteiger partial charge in [-0.15, -0.1) is 0 Å². The molecule has 1 aromatic carbocycles. The summed E-state index contributed by atoms with van der Waals surface area (Å²) in [6.45, 7) is 7.24. The average molecular weight is 504 g/mol. The Kier molecular flexibility index (Phi) is 9.46. The molecule has 1 saturated heterocycles. The zero-order valence-electron chi connectivity index (χ0n) is 16.7. The molecule has 2 atom stereocenters. The summed E-state index contributed by atoms with van der Waals surface area (Å²) in [5.74, 6) is -0.675. The number of halogens is 1. The van der Waals surface area contributed by atoms with Crippen molar-refractivity contribution >= 4 is 40.6 Å². The lowest BCUT2D eigenvalue weighted by atomic mass is 10.0. The van der Waals surface area contributed by atoms with Gasteiger partial charge in [0, 0.05) is 25.2 Å². The van der Waals surface area contributed by atoms with E-state index in [9.17, 15) is 9.59 Å². The number of esters is 1. The molecule has 0 amide bonds. The molecule has 7 nitrogen and oxygen atoms in total. The van der Waals surface area contributed by atoms with E-state index in [2.05, 4.69) is 10.2 Å². The number of likely N-dealkylation sites (N-methyl/N-ethyl adjacent to an activating group) is 1. The van der Waals surface area contributed by atoms with Crippen molar-refractivity contribution in [2.45, 2.75) is 38.8 Å². The lowest BCUT2D eigenvalue weighted by molar-refractivity contribution is -0.162. The van der Waals surface area contributed by atoms with Crippen molar-refractivity contribution in [1.29, 1.82) is 0 Å². The maximum Gasteiger partial charge on any atom is 0.357 e. The molecule has 1 aliphatic heterocycles. The SMILES string of the molecule is CN[C@@H](CC(C)C)C(=O)O[C@H](Cc1ccc(N2CCOCC2)cc1)C(=O)OI. The summed E-state index contributed by atoms with van der Waals surface area (Å²) in [7, 11) is 1.71. The van der Waals surface area contributed by atoms with Gasteiger partial charge in [-0.1, -0.05) is 26.0 Å². The first-order valence-electron chi connectivity index (χ1n) is 9.56. The van der Waals surface area contributed by atoms with Gasteiger partial charge in [0.25, 0.3) is 0 Å². The van der Waals surface area contributed by atoms with Crippen LogP contribution in [0.25, 0.3) is 0 Å². The monoisotopic (exact) mass is 504 g/mol. The molecule has 0 radical (unpaired) electrons. The maximum atomic E-state index is 12.5. The number of morpholine rings is 1. The molecule has 0 unspecified atom stereocenters. The van der Waals surface area contributed by atoms with E-state index >= 15 is 0 Å². The summed E-state index contributed by atoms with van der Waals surface area (Å²) in [5.41, 5.74) is 2.02. The first kappa shape index (κ1) is 22.9. The predicted octanol–water partition coefficient (Wildman–Crippen LogP) is 2.50. The molecule has 1 aliphatic rings. The van der Waals surface area contributed by atoms with Crippen molar-refractivity contribution in [2.24, 2.45) is 5.92 Å². The Balaban J connectivity index is 2.03. The maximum absolute atomic E-state index is 12.5. The Labute approximate surface area is 180 Å². The largest absolute Gasteiger partial charge is 0.449 e. The van der Waals surface area contributed by atoms with Crippen molar-refractivity contribution in [3.63, 3.8) is 0 Å². The number of carbonyl (C=O) groups is 2. The minimum atomic E-state index is -0.971. The van der Waals surface area contributed by atoms with Crippen LogP contribution in [-0.2, 0) is 28.5 Å². The highest BCUT2D eigenvalue weighted by Crippen LogP contribution is 2.19. The number of nitrogens with one attached hydrogen (secondary N) is 1. The molecule has 0 bridgehead atoms. The molecule has 1 fully saturated rings. The summed E-state index contributed by atoms with van der Waals surface area (Å²) in [6.07, 6.45) is -0.0633. The third-order valence-electron chi connectivity index (χ3n) is 4.67. The van der Waals surface area contributed by atoms with Crippen LogP contribution in [0.3, 0.4) is 0 Å². The Bertz CT molecular complexity index is 632. The smallest absolute Gasteiger partial charge is 0.357 e. The van der Waals surface area contributed by atoms with Crippen molar-refractivity contribution in [2.75, 3.05) is 38.3 Å². The van der Waals surface area contributed by atoms with Crippen molar-refractivity contribution in [3.05, 3.63) is 29.8 Å². The van der Waals surface area contributed by atoms with Crippen LogP contribution < -0.4 is 10.2 Å². The number of anilines is 1. The summed E-state index contributed by atoms with van der Waals surface area (Å²) < 4.78 is 15.7. The molecule has 0 aromatic heterocycles. The average Bonchev–Trinajstić information content (AvgIpc) is 2.71. The van der Waals surface area contributed by atoms with Gasteiger partial charge in [0.2, 0.25) is 6.10 Å². The number of rotatable bonds is 9. The fraction of sp³-hybridized carbons (Fsp3) is 0.600. The van der Waals surface area contributed by atoms with Gasteiger partial charge < -0.3 is 22.8 Å². The van der Waals surface area contributed by atoms with Gasteiger partial charge in [-0.3, -0.25) is 4.79 Å². The number of ether oxygens (including phenoxy) is 2. The van der Waals surface area contributed by atoms with Crippen LogP contribution >= 0.6 is 23.0 Å². The predicted molar refractivity (Wildman–Crippen MR) is 115 cm³/mol. The summed E-state index contributed by atoms with van der Waals surface area (Å²) in [4.78, 5) is 26.9. The van der Waals surface area contributed by atoms with E-state index in [1.807, 2.05) is 38.1 Å². The van der Waals surface area contributed by atoms with Crippen LogP contribution in [0.4, 0.5) is 5.69 Å². The van der Waals surface area contributed by atoms with Crippen LogP contribution in [-0.4, -0.2) is 57.4 Å².